The molecule has 0 aromatic heterocycles. The van der Waals surface area contributed by atoms with E-state index in [0.717, 1.165) is 30.1 Å². The number of allylic oxidation sites excluding steroid dienone is 3. The molecule has 32 heavy (non-hydrogen) atoms. The van der Waals surface area contributed by atoms with E-state index in [-0.39, 0.29) is 11.5 Å². The van der Waals surface area contributed by atoms with E-state index >= 15 is 0 Å². The lowest BCUT2D eigenvalue weighted by Gasteiger charge is -2.62. The number of hydrogen-bond donors (Lipinski definition) is 1. The maximum absolute atomic E-state index is 10.8. The molecule has 0 radical (unpaired) electrons. The van der Waals surface area contributed by atoms with Gasteiger partial charge in [0.15, 0.2) is 0 Å². The van der Waals surface area contributed by atoms with Crippen LogP contribution in [0.2, 0.25) is 0 Å². The number of fused-ring (bicyclic) bond motifs is 5. The molecule has 3 fully saturated rings. The largest absolute Gasteiger partial charge is 0.393 e. The Labute approximate surface area is 199 Å². The van der Waals surface area contributed by atoms with Crippen LogP contribution in [0.3, 0.4) is 0 Å². The molecule has 0 unspecified atom stereocenters. The van der Waals surface area contributed by atoms with Gasteiger partial charge in [0.05, 0.1) is 6.10 Å². The summed E-state index contributed by atoms with van der Waals surface area (Å²) in [6.45, 7) is 21.3. The van der Waals surface area contributed by atoms with E-state index in [4.69, 9.17) is 0 Å². The molecule has 0 spiro atoms. The fourth-order valence-corrected chi connectivity index (χ4v) is 9.75. The summed E-state index contributed by atoms with van der Waals surface area (Å²) in [4.78, 5) is 0. The van der Waals surface area contributed by atoms with Crippen LogP contribution in [0.5, 0.6) is 0 Å². The fourth-order valence-electron chi connectivity index (χ4n) is 9.75. The molecule has 4 aliphatic carbocycles. The van der Waals surface area contributed by atoms with Crippen LogP contribution in [-0.2, 0) is 0 Å². The van der Waals surface area contributed by atoms with Crippen LogP contribution >= 0.6 is 0 Å². The maximum atomic E-state index is 10.8. The third-order valence-electron chi connectivity index (χ3n) is 11.9. The van der Waals surface area contributed by atoms with Gasteiger partial charge < -0.3 is 5.11 Å². The highest BCUT2D eigenvalue weighted by Crippen LogP contribution is 2.68. The minimum absolute atomic E-state index is 0.0433. The molecule has 0 aromatic rings. The van der Waals surface area contributed by atoms with Crippen LogP contribution in [0.25, 0.3) is 0 Å². The summed E-state index contributed by atoms with van der Waals surface area (Å²) in [6.07, 6.45) is 15.5. The van der Waals surface area contributed by atoms with Crippen molar-refractivity contribution in [3.63, 3.8) is 0 Å². The zero-order valence-corrected chi connectivity index (χ0v) is 22.3. The molecule has 3 saturated carbocycles. The zero-order valence-electron chi connectivity index (χ0n) is 22.3. The van der Waals surface area contributed by atoms with Gasteiger partial charge in [0.25, 0.3) is 0 Å². The van der Waals surface area contributed by atoms with E-state index in [1.54, 1.807) is 0 Å². The predicted molar refractivity (Wildman–Crippen MR) is 137 cm³/mol. The number of aliphatic hydroxyl groups is 1. The molecular weight excluding hydrogens is 388 g/mol. The molecule has 1 N–H and O–H groups in total. The second kappa shape index (κ2) is 8.58. The van der Waals surface area contributed by atoms with Gasteiger partial charge in [0.1, 0.15) is 0 Å². The molecular formula is C31H52O. The molecule has 182 valence electrons. The van der Waals surface area contributed by atoms with E-state index in [9.17, 15) is 5.11 Å². The molecule has 4 aliphatic rings. The van der Waals surface area contributed by atoms with E-state index < -0.39 is 0 Å². The standard InChI is InChI=1S/C31H52O/c1-9-22(20(2)3)11-10-21(4)24-13-14-25-23-12-15-27-29(5,6)28(32)17-19-31(27,8)26(23)16-18-30(24,25)7/h12,21-22,24-28,32H,2,9-11,13-19H2,1,3-8H3/t21-,22+,24-,25+,26+,27+,28+,30-,31-/m1/s1. The topological polar surface area (TPSA) is 20.2 Å². The molecule has 0 amide bonds. The lowest BCUT2D eigenvalue weighted by molar-refractivity contribution is -0.125. The number of aliphatic hydroxyl groups excluding tert-OH is 1. The Kier molecular flexibility index (Phi) is 6.59. The summed E-state index contributed by atoms with van der Waals surface area (Å²) in [5.74, 6) is 4.61. The molecule has 1 nitrogen and oxygen atoms in total. The summed E-state index contributed by atoms with van der Waals surface area (Å²) < 4.78 is 0. The first kappa shape index (κ1) is 24.6. The Bertz CT molecular complexity index is 746. The van der Waals surface area contributed by atoms with Gasteiger partial charge in [-0.05, 0) is 123 Å². The van der Waals surface area contributed by atoms with Gasteiger partial charge in [-0.3, -0.25) is 0 Å². The zero-order chi connectivity index (χ0) is 23.5. The smallest absolute Gasteiger partial charge is 0.0594 e. The number of rotatable bonds is 6. The van der Waals surface area contributed by atoms with Crippen molar-refractivity contribution >= 4 is 0 Å². The van der Waals surface area contributed by atoms with Crippen LogP contribution in [-0.4, -0.2) is 11.2 Å². The van der Waals surface area contributed by atoms with Crippen molar-refractivity contribution in [2.24, 2.45) is 51.8 Å². The van der Waals surface area contributed by atoms with Crippen LogP contribution < -0.4 is 0 Å². The highest BCUT2D eigenvalue weighted by Gasteiger charge is 2.61. The van der Waals surface area contributed by atoms with Crippen molar-refractivity contribution < 1.29 is 5.11 Å². The van der Waals surface area contributed by atoms with E-state index in [1.165, 1.54) is 63.4 Å². The highest BCUT2D eigenvalue weighted by molar-refractivity contribution is 5.28. The molecule has 0 saturated heterocycles. The average molecular weight is 441 g/mol. The summed E-state index contributed by atoms with van der Waals surface area (Å²) in [6, 6.07) is 0. The van der Waals surface area contributed by atoms with Gasteiger partial charge in [-0.15, -0.1) is 0 Å². The minimum atomic E-state index is -0.132. The van der Waals surface area contributed by atoms with Crippen LogP contribution in [0.1, 0.15) is 113 Å². The summed E-state index contributed by atoms with van der Waals surface area (Å²) in [7, 11) is 0. The Hall–Kier alpha value is -0.560. The van der Waals surface area contributed by atoms with Crippen molar-refractivity contribution in [3.05, 3.63) is 23.8 Å². The van der Waals surface area contributed by atoms with Gasteiger partial charge in [-0.25, -0.2) is 0 Å². The van der Waals surface area contributed by atoms with Crippen molar-refractivity contribution in [2.75, 3.05) is 0 Å². The van der Waals surface area contributed by atoms with Gasteiger partial charge in [-0.2, -0.15) is 0 Å². The van der Waals surface area contributed by atoms with Gasteiger partial charge in [-0.1, -0.05) is 65.3 Å². The molecule has 0 bridgehead atoms. The van der Waals surface area contributed by atoms with Crippen molar-refractivity contribution in [3.8, 4) is 0 Å². The summed E-state index contributed by atoms with van der Waals surface area (Å²) in [5.41, 5.74) is 4.16. The first-order chi connectivity index (χ1) is 15.0. The Morgan fingerprint density at radius 3 is 2.34 bits per heavy atom. The third kappa shape index (κ3) is 3.68. The minimum Gasteiger partial charge on any atom is -0.393 e. The normalized spacial score (nSPS) is 44.6. The Morgan fingerprint density at radius 2 is 1.69 bits per heavy atom. The van der Waals surface area contributed by atoms with Crippen molar-refractivity contribution in [1.82, 2.24) is 0 Å². The lowest BCUT2D eigenvalue weighted by Crippen LogP contribution is -2.56. The Balaban J connectivity index is 1.53. The monoisotopic (exact) mass is 440 g/mol. The Morgan fingerprint density at radius 1 is 1.03 bits per heavy atom. The summed E-state index contributed by atoms with van der Waals surface area (Å²) in [5, 5.41) is 10.8. The number of hydrogen-bond acceptors (Lipinski definition) is 1. The second-order valence-corrected chi connectivity index (χ2v) is 13.7. The molecule has 0 aliphatic heterocycles. The van der Waals surface area contributed by atoms with Crippen LogP contribution in [0.4, 0.5) is 0 Å². The molecule has 0 aromatic carbocycles. The highest BCUT2D eigenvalue weighted by atomic mass is 16.3. The molecule has 1 heteroatoms. The van der Waals surface area contributed by atoms with Crippen molar-refractivity contribution in [1.29, 1.82) is 0 Å². The third-order valence-corrected chi connectivity index (χ3v) is 11.9. The first-order valence-corrected chi connectivity index (χ1v) is 14.0. The van der Waals surface area contributed by atoms with E-state index in [0.29, 0.717) is 22.7 Å². The lowest BCUT2D eigenvalue weighted by atomic mass is 9.43. The molecule has 0 heterocycles. The van der Waals surface area contributed by atoms with Gasteiger partial charge >= 0.3 is 0 Å². The van der Waals surface area contributed by atoms with E-state index in [1.807, 2.05) is 5.57 Å². The quantitative estimate of drug-likeness (QED) is 0.410. The summed E-state index contributed by atoms with van der Waals surface area (Å²) >= 11 is 0. The van der Waals surface area contributed by atoms with Gasteiger partial charge in [0, 0.05) is 0 Å². The fraction of sp³-hybridized carbons (Fsp3) is 0.871. The molecule has 4 rings (SSSR count). The van der Waals surface area contributed by atoms with Crippen LogP contribution in [0.15, 0.2) is 23.8 Å². The van der Waals surface area contributed by atoms with Gasteiger partial charge in [0.2, 0.25) is 0 Å². The maximum Gasteiger partial charge on any atom is 0.0594 e. The predicted octanol–water partition coefficient (Wildman–Crippen LogP) is 8.58. The van der Waals surface area contributed by atoms with E-state index in [2.05, 4.69) is 61.1 Å². The first-order valence-electron chi connectivity index (χ1n) is 14.0. The second-order valence-electron chi connectivity index (χ2n) is 13.7. The SMILES string of the molecule is C=C(C)[C@@H](CC)CC[C@@H](C)[C@H]1CC[C@H]2C3=CC[C@H]4C(C)(C)[C@@H](O)CC[C@]4(C)[C@H]3CC[C@]12C. The van der Waals surface area contributed by atoms with Crippen LogP contribution in [0, 0.1) is 51.8 Å². The molecule has 9 atom stereocenters. The van der Waals surface area contributed by atoms with Crippen molar-refractivity contribution in [2.45, 2.75) is 119 Å². The average Bonchev–Trinajstić information content (AvgIpc) is 3.08.